The molecule has 0 saturated carbocycles. The number of guanidine groups is 1. The monoisotopic (exact) mass is 547 g/mol. The molecule has 31 heavy (non-hydrogen) atoms. The molecule has 176 valence electrons. The van der Waals surface area contributed by atoms with Crippen molar-refractivity contribution in [1.82, 2.24) is 15.1 Å². The molecule has 2 heterocycles. The lowest BCUT2D eigenvalue weighted by Gasteiger charge is -2.34. The maximum atomic E-state index is 6.23. The van der Waals surface area contributed by atoms with E-state index in [0.717, 1.165) is 56.5 Å². The summed E-state index contributed by atoms with van der Waals surface area (Å²) in [5.74, 6) is 1.96. The molecule has 2 fully saturated rings. The first kappa shape index (κ1) is 26.0. The Kier molecular flexibility index (Phi) is 11.1. The van der Waals surface area contributed by atoms with Crippen molar-refractivity contribution in [3.63, 3.8) is 0 Å². The Balaban J connectivity index is 0.00000341. The topological polar surface area (TPSA) is 84.6 Å². The van der Waals surface area contributed by atoms with Crippen molar-refractivity contribution in [1.29, 1.82) is 0 Å². The lowest BCUT2D eigenvalue weighted by atomic mass is 10.0. The van der Waals surface area contributed by atoms with E-state index in [-0.39, 0.29) is 30.0 Å². The largest absolute Gasteiger partial charge is 0.493 e. The number of likely N-dealkylation sites (N-methyl/N-ethyl adjacent to an activating group) is 1. The SMILES string of the molecule is CCN1CCCC1CNC(N)=NCC(c1ccc(OC)c(OC)c1)N1CCOCC1.I. The van der Waals surface area contributed by atoms with Crippen molar-refractivity contribution >= 4 is 29.9 Å². The van der Waals surface area contributed by atoms with Gasteiger partial charge in [-0.3, -0.25) is 14.8 Å². The molecule has 0 aliphatic carbocycles. The number of methoxy groups -OCH3 is 2. The molecular weight excluding hydrogens is 509 g/mol. The van der Waals surface area contributed by atoms with E-state index >= 15 is 0 Å². The van der Waals surface area contributed by atoms with Crippen molar-refractivity contribution in [3.8, 4) is 11.5 Å². The van der Waals surface area contributed by atoms with Gasteiger partial charge in [-0.15, -0.1) is 24.0 Å². The van der Waals surface area contributed by atoms with Gasteiger partial charge in [0, 0.05) is 25.7 Å². The van der Waals surface area contributed by atoms with Crippen LogP contribution in [0, 0.1) is 0 Å². The molecule has 2 saturated heterocycles. The van der Waals surface area contributed by atoms with E-state index in [1.807, 2.05) is 12.1 Å². The second-order valence-electron chi connectivity index (χ2n) is 7.81. The van der Waals surface area contributed by atoms with Crippen LogP contribution in [0.5, 0.6) is 11.5 Å². The molecule has 0 aromatic heterocycles. The molecule has 0 bridgehead atoms. The van der Waals surface area contributed by atoms with Crippen molar-refractivity contribution in [2.24, 2.45) is 10.7 Å². The number of hydrogen-bond donors (Lipinski definition) is 2. The van der Waals surface area contributed by atoms with E-state index in [1.165, 1.54) is 19.4 Å². The summed E-state index contributed by atoms with van der Waals surface area (Å²) < 4.78 is 16.4. The first-order chi connectivity index (χ1) is 14.7. The summed E-state index contributed by atoms with van der Waals surface area (Å²) in [5, 5.41) is 3.34. The predicted molar refractivity (Wildman–Crippen MR) is 135 cm³/mol. The Morgan fingerprint density at radius 1 is 1.23 bits per heavy atom. The maximum Gasteiger partial charge on any atom is 0.188 e. The van der Waals surface area contributed by atoms with Gasteiger partial charge in [0.25, 0.3) is 0 Å². The number of likely N-dealkylation sites (tertiary alicyclic amines) is 1. The average molecular weight is 547 g/mol. The van der Waals surface area contributed by atoms with Gasteiger partial charge in [0.1, 0.15) is 0 Å². The Morgan fingerprint density at radius 3 is 2.65 bits per heavy atom. The molecule has 2 aliphatic rings. The number of nitrogens with two attached hydrogens (primary N) is 1. The fourth-order valence-corrected chi connectivity index (χ4v) is 4.39. The van der Waals surface area contributed by atoms with E-state index in [2.05, 4.69) is 28.1 Å². The van der Waals surface area contributed by atoms with Gasteiger partial charge in [-0.2, -0.15) is 0 Å². The minimum Gasteiger partial charge on any atom is -0.493 e. The molecule has 0 amide bonds. The lowest BCUT2D eigenvalue weighted by molar-refractivity contribution is 0.0179. The Morgan fingerprint density at radius 2 is 1.97 bits per heavy atom. The fraction of sp³-hybridized carbons (Fsp3) is 0.682. The van der Waals surface area contributed by atoms with Gasteiger partial charge < -0.3 is 25.3 Å². The van der Waals surface area contributed by atoms with Crippen LogP contribution in [0.15, 0.2) is 23.2 Å². The number of hydrogen-bond acceptors (Lipinski definition) is 6. The first-order valence-electron chi connectivity index (χ1n) is 11.0. The van der Waals surface area contributed by atoms with Crippen molar-refractivity contribution < 1.29 is 14.2 Å². The summed E-state index contributed by atoms with van der Waals surface area (Å²) in [7, 11) is 3.31. The Bertz CT molecular complexity index is 700. The second kappa shape index (κ2) is 13.3. The number of aliphatic imine (C=N–C) groups is 1. The normalized spacial score (nSPS) is 21.4. The van der Waals surface area contributed by atoms with E-state index in [9.17, 15) is 0 Å². The third-order valence-electron chi connectivity index (χ3n) is 6.14. The minimum atomic E-state index is 0. The van der Waals surface area contributed by atoms with E-state index in [0.29, 0.717) is 18.5 Å². The molecule has 2 aliphatic heterocycles. The maximum absolute atomic E-state index is 6.23. The summed E-state index contributed by atoms with van der Waals surface area (Å²) in [6, 6.07) is 6.72. The lowest BCUT2D eigenvalue weighted by Crippen LogP contribution is -2.43. The third-order valence-corrected chi connectivity index (χ3v) is 6.14. The fourth-order valence-electron chi connectivity index (χ4n) is 4.39. The summed E-state index contributed by atoms with van der Waals surface area (Å²) >= 11 is 0. The van der Waals surface area contributed by atoms with Crippen molar-refractivity contribution in [2.45, 2.75) is 31.8 Å². The highest BCUT2D eigenvalue weighted by Gasteiger charge is 2.25. The van der Waals surface area contributed by atoms with Crippen LogP contribution in [0.1, 0.15) is 31.4 Å². The summed E-state index contributed by atoms with van der Waals surface area (Å²) in [6.45, 7) is 9.11. The van der Waals surface area contributed by atoms with Crippen molar-refractivity contribution in [2.75, 3.05) is 66.7 Å². The molecule has 0 spiro atoms. The number of rotatable bonds is 9. The quantitative estimate of drug-likeness (QED) is 0.278. The van der Waals surface area contributed by atoms with Crippen LogP contribution in [0.4, 0.5) is 0 Å². The standard InChI is InChI=1S/C22H37N5O3.HI/c1-4-26-9-5-6-18(26)15-24-22(23)25-16-19(27-10-12-30-13-11-27)17-7-8-20(28-2)21(14-17)29-3;/h7-8,14,18-19H,4-6,9-13,15-16H2,1-3H3,(H3,23,24,25);1H. The van der Waals surface area contributed by atoms with Crippen LogP contribution < -0.4 is 20.5 Å². The van der Waals surface area contributed by atoms with Gasteiger partial charge in [0.15, 0.2) is 17.5 Å². The molecular formula is C22H38IN5O3. The summed E-state index contributed by atoms with van der Waals surface area (Å²) in [5.41, 5.74) is 7.37. The number of nitrogens with zero attached hydrogens (tertiary/aromatic N) is 3. The highest BCUT2D eigenvalue weighted by Crippen LogP contribution is 2.32. The van der Waals surface area contributed by atoms with Crippen LogP contribution in [0.2, 0.25) is 0 Å². The number of morpholine rings is 1. The zero-order chi connectivity index (χ0) is 21.3. The second-order valence-corrected chi connectivity index (χ2v) is 7.81. The van der Waals surface area contributed by atoms with Gasteiger partial charge in [-0.25, -0.2) is 0 Å². The van der Waals surface area contributed by atoms with Gasteiger partial charge in [0.2, 0.25) is 0 Å². The third kappa shape index (κ3) is 7.10. The number of ether oxygens (including phenoxy) is 3. The molecule has 1 aromatic rings. The molecule has 3 rings (SSSR count). The van der Waals surface area contributed by atoms with Crippen LogP contribution >= 0.6 is 24.0 Å². The van der Waals surface area contributed by atoms with Gasteiger partial charge in [0.05, 0.1) is 40.0 Å². The highest BCUT2D eigenvalue weighted by atomic mass is 127. The molecule has 2 atom stereocenters. The van der Waals surface area contributed by atoms with Gasteiger partial charge in [-0.05, 0) is 43.6 Å². The molecule has 2 unspecified atom stereocenters. The molecule has 9 heteroatoms. The zero-order valence-corrected chi connectivity index (χ0v) is 21.3. The first-order valence-corrected chi connectivity index (χ1v) is 11.0. The van der Waals surface area contributed by atoms with Crippen LogP contribution in [-0.4, -0.2) is 88.5 Å². The predicted octanol–water partition coefficient (Wildman–Crippen LogP) is 2.08. The van der Waals surface area contributed by atoms with Crippen LogP contribution in [0.25, 0.3) is 0 Å². The van der Waals surface area contributed by atoms with E-state index in [4.69, 9.17) is 24.9 Å². The number of halogens is 1. The van der Waals surface area contributed by atoms with Crippen LogP contribution in [0.3, 0.4) is 0 Å². The minimum absolute atomic E-state index is 0. The zero-order valence-electron chi connectivity index (χ0n) is 19.0. The smallest absolute Gasteiger partial charge is 0.188 e. The van der Waals surface area contributed by atoms with Gasteiger partial charge >= 0.3 is 0 Å². The molecule has 1 aromatic carbocycles. The number of benzene rings is 1. The van der Waals surface area contributed by atoms with Crippen molar-refractivity contribution in [3.05, 3.63) is 23.8 Å². The molecule has 3 N–H and O–H groups in total. The summed E-state index contributed by atoms with van der Waals surface area (Å²) in [4.78, 5) is 9.60. The molecule has 8 nitrogen and oxygen atoms in total. The van der Waals surface area contributed by atoms with Crippen LogP contribution in [-0.2, 0) is 4.74 Å². The highest BCUT2D eigenvalue weighted by molar-refractivity contribution is 14.0. The van der Waals surface area contributed by atoms with Gasteiger partial charge in [-0.1, -0.05) is 13.0 Å². The summed E-state index contributed by atoms with van der Waals surface area (Å²) in [6.07, 6.45) is 2.48. The molecule has 0 radical (unpaired) electrons. The Hall–Kier alpha value is -1.30. The number of nitrogens with one attached hydrogen (secondary N) is 1. The average Bonchev–Trinajstić information content (AvgIpc) is 3.26. The van der Waals surface area contributed by atoms with E-state index in [1.54, 1.807) is 14.2 Å². The Labute approximate surface area is 203 Å². The van der Waals surface area contributed by atoms with E-state index < -0.39 is 0 Å².